The first-order chi connectivity index (χ1) is 11.5. The van der Waals surface area contributed by atoms with E-state index in [2.05, 4.69) is 10.3 Å². The molecule has 0 unspecified atom stereocenters. The molecule has 7 heteroatoms. The van der Waals surface area contributed by atoms with Gasteiger partial charge in [0.2, 0.25) is 0 Å². The normalized spacial score (nSPS) is 11.4. The molecule has 1 aromatic carbocycles. The largest absolute Gasteiger partial charge is 0.493 e. The molecule has 2 amide bonds. The van der Waals surface area contributed by atoms with Crippen LogP contribution in [0.1, 0.15) is 28.9 Å². The summed E-state index contributed by atoms with van der Waals surface area (Å²) in [7, 11) is 1.45. The third kappa shape index (κ3) is 4.45. The zero-order valence-corrected chi connectivity index (χ0v) is 13.5. The number of nitrogens with one attached hydrogen (secondary N) is 1. The third-order valence-corrected chi connectivity index (χ3v) is 3.35. The van der Waals surface area contributed by atoms with Crippen molar-refractivity contribution in [3.8, 4) is 11.5 Å². The number of ether oxygens (including phenoxy) is 2. The minimum atomic E-state index is -0.593. The molecule has 0 aliphatic heterocycles. The summed E-state index contributed by atoms with van der Waals surface area (Å²) in [5.74, 6) is -0.153. The van der Waals surface area contributed by atoms with Crippen molar-refractivity contribution in [2.24, 2.45) is 5.73 Å². The maximum atomic E-state index is 12.4. The first-order valence-electron chi connectivity index (χ1n) is 7.31. The molecule has 1 atom stereocenters. The number of carbonyl (C=O) groups excluding carboxylic acids is 2. The first kappa shape index (κ1) is 17.3. The predicted octanol–water partition coefficient (Wildman–Crippen LogP) is 1.45. The summed E-state index contributed by atoms with van der Waals surface area (Å²) < 4.78 is 10.4. The van der Waals surface area contributed by atoms with Crippen LogP contribution in [-0.2, 0) is 4.79 Å². The second-order valence-corrected chi connectivity index (χ2v) is 5.10. The third-order valence-electron chi connectivity index (χ3n) is 3.35. The Hall–Kier alpha value is -3.09. The second-order valence-electron chi connectivity index (χ2n) is 5.10. The van der Waals surface area contributed by atoms with Crippen LogP contribution >= 0.6 is 0 Å². The molecule has 1 heterocycles. The van der Waals surface area contributed by atoms with E-state index in [9.17, 15) is 9.59 Å². The number of rotatable bonds is 7. The summed E-state index contributed by atoms with van der Waals surface area (Å²) >= 11 is 0. The molecule has 3 N–H and O–H groups in total. The standard InChI is InChI=1S/C17H19N3O4/c1-11(12-5-7-19-8-6-12)20-17(22)13-3-4-14(15(9-13)23-2)24-10-16(18)21/h3-9,11H,10H2,1-2H3,(H2,18,21)(H,20,22)/t11-/m1/s1. The fraction of sp³-hybridized carbons (Fsp3) is 0.235. The van der Waals surface area contributed by atoms with Crippen molar-refractivity contribution in [1.82, 2.24) is 10.3 Å². The average Bonchev–Trinajstić information content (AvgIpc) is 2.60. The van der Waals surface area contributed by atoms with Crippen LogP contribution < -0.4 is 20.5 Å². The van der Waals surface area contributed by atoms with E-state index in [0.717, 1.165) is 5.56 Å². The Kier molecular flexibility index (Phi) is 5.73. The van der Waals surface area contributed by atoms with Crippen LogP contribution in [-0.4, -0.2) is 30.5 Å². The van der Waals surface area contributed by atoms with Crippen LogP contribution in [0.4, 0.5) is 0 Å². The second kappa shape index (κ2) is 7.96. The zero-order chi connectivity index (χ0) is 17.5. The van der Waals surface area contributed by atoms with Gasteiger partial charge in [0.1, 0.15) is 0 Å². The molecule has 0 aliphatic rings. The quantitative estimate of drug-likeness (QED) is 0.800. The number of aromatic nitrogens is 1. The predicted molar refractivity (Wildman–Crippen MR) is 87.8 cm³/mol. The van der Waals surface area contributed by atoms with Crippen LogP contribution in [0.15, 0.2) is 42.7 Å². The van der Waals surface area contributed by atoms with Gasteiger partial charge in [-0.15, -0.1) is 0 Å². The van der Waals surface area contributed by atoms with Crippen molar-refractivity contribution < 1.29 is 19.1 Å². The highest BCUT2D eigenvalue weighted by molar-refractivity contribution is 5.95. The molecule has 0 saturated carbocycles. The molecule has 0 fully saturated rings. The number of primary amides is 1. The van der Waals surface area contributed by atoms with Gasteiger partial charge in [0.05, 0.1) is 13.2 Å². The Morgan fingerprint density at radius 2 is 1.92 bits per heavy atom. The number of amides is 2. The number of carbonyl (C=O) groups is 2. The molecule has 0 aliphatic carbocycles. The topological polar surface area (TPSA) is 104 Å². The van der Waals surface area contributed by atoms with Gasteiger partial charge in [0.25, 0.3) is 11.8 Å². The lowest BCUT2D eigenvalue weighted by Crippen LogP contribution is -2.26. The van der Waals surface area contributed by atoms with Gasteiger partial charge in [-0.2, -0.15) is 0 Å². The van der Waals surface area contributed by atoms with Gasteiger partial charge in [0.15, 0.2) is 18.1 Å². The Labute approximate surface area is 139 Å². The lowest BCUT2D eigenvalue weighted by Gasteiger charge is -2.15. The molecule has 7 nitrogen and oxygen atoms in total. The van der Waals surface area contributed by atoms with Gasteiger partial charge >= 0.3 is 0 Å². The Morgan fingerprint density at radius 1 is 1.21 bits per heavy atom. The van der Waals surface area contributed by atoms with Crippen LogP contribution in [0.3, 0.4) is 0 Å². The van der Waals surface area contributed by atoms with E-state index in [4.69, 9.17) is 15.2 Å². The summed E-state index contributed by atoms with van der Waals surface area (Å²) in [6.07, 6.45) is 3.35. The van der Waals surface area contributed by atoms with E-state index < -0.39 is 5.91 Å². The van der Waals surface area contributed by atoms with Gasteiger partial charge in [0, 0.05) is 18.0 Å². The summed E-state index contributed by atoms with van der Waals surface area (Å²) in [4.78, 5) is 27.1. The molecule has 0 spiro atoms. The summed E-state index contributed by atoms with van der Waals surface area (Å²) in [5.41, 5.74) is 6.41. The number of hydrogen-bond acceptors (Lipinski definition) is 5. The van der Waals surface area contributed by atoms with Gasteiger partial charge in [-0.25, -0.2) is 0 Å². The number of nitrogens with zero attached hydrogens (tertiary/aromatic N) is 1. The van der Waals surface area contributed by atoms with Gasteiger partial charge in [-0.1, -0.05) is 0 Å². The highest BCUT2D eigenvalue weighted by Gasteiger charge is 2.14. The van der Waals surface area contributed by atoms with Crippen LogP contribution in [0.25, 0.3) is 0 Å². The van der Waals surface area contributed by atoms with Crippen molar-refractivity contribution in [3.63, 3.8) is 0 Å². The van der Waals surface area contributed by atoms with E-state index in [0.29, 0.717) is 17.1 Å². The fourth-order valence-electron chi connectivity index (χ4n) is 2.09. The van der Waals surface area contributed by atoms with Gasteiger partial charge in [-0.3, -0.25) is 14.6 Å². The highest BCUT2D eigenvalue weighted by atomic mass is 16.5. The molecule has 2 aromatic rings. The average molecular weight is 329 g/mol. The summed E-state index contributed by atoms with van der Waals surface area (Å²) in [6, 6.07) is 8.21. The number of hydrogen-bond donors (Lipinski definition) is 2. The van der Waals surface area contributed by atoms with Gasteiger partial charge < -0.3 is 20.5 Å². The molecule has 2 rings (SSSR count). The number of pyridine rings is 1. The van der Waals surface area contributed by atoms with Crippen LogP contribution in [0.5, 0.6) is 11.5 Å². The highest BCUT2D eigenvalue weighted by Crippen LogP contribution is 2.28. The van der Waals surface area contributed by atoms with E-state index in [1.54, 1.807) is 30.6 Å². The van der Waals surface area contributed by atoms with E-state index in [1.165, 1.54) is 7.11 Å². The fourth-order valence-corrected chi connectivity index (χ4v) is 2.09. The first-order valence-corrected chi connectivity index (χ1v) is 7.31. The Balaban J connectivity index is 2.10. The van der Waals surface area contributed by atoms with Crippen LogP contribution in [0.2, 0.25) is 0 Å². The molecule has 24 heavy (non-hydrogen) atoms. The van der Waals surface area contributed by atoms with E-state index in [-0.39, 0.29) is 18.6 Å². The molecule has 1 aromatic heterocycles. The number of nitrogens with two attached hydrogens (primary N) is 1. The SMILES string of the molecule is COc1cc(C(=O)N[C@H](C)c2ccncc2)ccc1OCC(N)=O. The van der Waals surface area contributed by atoms with E-state index in [1.807, 2.05) is 19.1 Å². The Morgan fingerprint density at radius 3 is 2.54 bits per heavy atom. The van der Waals surface area contributed by atoms with Crippen molar-refractivity contribution in [1.29, 1.82) is 0 Å². The zero-order valence-electron chi connectivity index (χ0n) is 13.5. The van der Waals surface area contributed by atoms with E-state index >= 15 is 0 Å². The van der Waals surface area contributed by atoms with Crippen molar-refractivity contribution >= 4 is 11.8 Å². The maximum absolute atomic E-state index is 12.4. The molecule has 0 bridgehead atoms. The maximum Gasteiger partial charge on any atom is 0.255 e. The summed E-state index contributed by atoms with van der Waals surface area (Å²) in [5, 5.41) is 2.90. The minimum Gasteiger partial charge on any atom is -0.493 e. The number of methoxy groups -OCH3 is 1. The Bertz CT molecular complexity index is 719. The molecule has 0 saturated heterocycles. The molecular weight excluding hydrogens is 310 g/mol. The summed E-state index contributed by atoms with van der Waals surface area (Å²) in [6.45, 7) is 1.62. The molecular formula is C17H19N3O4. The number of benzene rings is 1. The minimum absolute atomic E-state index is 0.169. The lowest BCUT2D eigenvalue weighted by atomic mass is 10.1. The lowest BCUT2D eigenvalue weighted by molar-refractivity contribution is -0.119. The van der Waals surface area contributed by atoms with Gasteiger partial charge in [-0.05, 0) is 42.8 Å². The molecule has 126 valence electrons. The smallest absolute Gasteiger partial charge is 0.255 e. The van der Waals surface area contributed by atoms with Crippen molar-refractivity contribution in [3.05, 3.63) is 53.9 Å². The van der Waals surface area contributed by atoms with Crippen molar-refractivity contribution in [2.45, 2.75) is 13.0 Å². The van der Waals surface area contributed by atoms with Crippen LogP contribution in [0, 0.1) is 0 Å². The van der Waals surface area contributed by atoms with Crippen molar-refractivity contribution in [2.75, 3.05) is 13.7 Å². The molecule has 0 radical (unpaired) electrons. The monoisotopic (exact) mass is 329 g/mol.